The number of hydrogen-bond donors (Lipinski definition) is 1. The molecular formula is C14H20O4S. The van der Waals surface area contributed by atoms with Crippen LogP contribution in [0.15, 0.2) is 29.2 Å². The van der Waals surface area contributed by atoms with Gasteiger partial charge in [0, 0.05) is 0 Å². The van der Waals surface area contributed by atoms with Gasteiger partial charge in [-0.1, -0.05) is 30.5 Å². The first-order valence-electron chi connectivity index (χ1n) is 6.54. The number of aryl methyl sites for hydroxylation is 1. The second kappa shape index (κ2) is 5.23. The number of aliphatic hydroxyl groups is 1. The fourth-order valence-electron chi connectivity index (χ4n) is 2.35. The van der Waals surface area contributed by atoms with Crippen LogP contribution in [0.3, 0.4) is 0 Å². The topological polar surface area (TPSA) is 63.6 Å². The van der Waals surface area contributed by atoms with Crippen LogP contribution in [0, 0.1) is 6.92 Å². The molecule has 1 saturated carbocycles. The van der Waals surface area contributed by atoms with Crippen molar-refractivity contribution in [2.24, 2.45) is 0 Å². The lowest BCUT2D eigenvalue weighted by Gasteiger charge is -2.35. The molecule has 1 fully saturated rings. The summed E-state index contributed by atoms with van der Waals surface area (Å²) < 4.78 is 29.6. The molecule has 2 atom stereocenters. The maximum atomic E-state index is 12.2. The van der Waals surface area contributed by atoms with Gasteiger partial charge in [-0.05, 0) is 38.8 Å². The van der Waals surface area contributed by atoms with E-state index in [-0.39, 0.29) is 4.90 Å². The Kier molecular flexibility index (Phi) is 3.99. The third-order valence-electron chi connectivity index (χ3n) is 3.65. The maximum Gasteiger partial charge on any atom is 0.297 e. The monoisotopic (exact) mass is 284 g/mol. The predicted octanol–water partition coefficient (Wildman–Crippen LogP) is 2.39. The van der Waals surface area contributed by atoms with Crippen LogP contribution in [0.4, 0.5) is 0 Å². The summed E-state index contributed by atoms with van der Waals surface area (Å²) in [4.78, 5) is 0.138. The van der Waals surface area contributed by atoms with E-state index in [1.807, 2.05) is 6.92 Å². The number of benzene rings is 1. The summed E-state index contributed by atoms with van der Waals surface area (Å²) in [5.74, 6) is 0. The molecule has 0 heterocycles. The van der Waals surface area contributed by atoms with Gasteiger partial charge in [0.1, 0.15) is 6.10 Å². The molecule has 0 aliphatic heterocycles. The maximum absolute atomic E-state index is 12.2. The number of rotatable bonds is 3. The Hall–Kier alpha value is -0.910. The van der Waals surface area contributed by atoms with Crippen LogP contribution in [-0.2, 0) is 14.3 Å². The van der Waals surface area contributed by atoms with Crippen molar-refractivity contribution in [3.05, 3.63) is 29.8 Å². The van der Waals surface area contributed by atoms with E-state index in [2.05, 4.69) is 0 Å². The van der Waals surface area contributed by atoms with E-state index in [1.165, 1.54) is 12.1 Å². The van der Waals surface area contributed by atoms with Crippen LogP contribution in [0.2, 0.25) is 0 Å². The molecule has 0 radical (unpaired) electrons. The minimum absolute atomic E-state index is 0.138. The average Bonchev–Trinajstić information content (AvgIpc) is 2.32. The van der Waals surface area contributed by atoms with Gasteiger partial charge in [0.25, 0.3) is 10.1 Å². The quantitative estimate of drug-likeness (QED) is 0.866. The zero-order chi connectivity index (χ0) is 14.1. The lowest BCUT2D eigenvalue weighted by molar-refractivity contribution is -0.0712. The molecule has 19 heavy (non-hydrogen) atoms. The van der Waals surface area contributed by atoms with Crippen molar-refractivity contribution in [1.82, 2.24) is 0 Å². The molecule has 1 aliphatic carbocycles. The summed E-state index contributed by atoms with van der Waals surface area (Å²) in [6.45, 7) is 3.53. The highest BCUT2D eigenvalue weighted by Crippen LogP contribution is 2.32. The van der Waals surface area contributed by atoms with Crippen molar-refractivity contribution < 1.29 is 17.7 Å². The summed E-state index contributed by atoms with van der Waals surface area (Å²) >= 11 is 0. The SMILES string of the molecule is Cc1ccc(S(=O)(=O)O[C@@H]2CCCC[C@]2(C)O)cc1. The number of hydrogen-bond acceptors (Lipinski definition) is 4. The van der Waals surface area contributed by atoms with Crippen LogP contribution in [0.5, 0.6) is 0 Å². The summed E-state index contributed by atoms with van der Waals surface area (Å²) in [7, 11) is -3.81. The van der Waals surface area contributed by atoms with Gasteiger partial charge >= 0.3 is 0 Å². The van der Waals surface area contributed by atoms with E-state index < -0.39 is 21.8 Å². The molecule has 4 nitrogen and oxygen atoms in total. The average molecular weight is 284 g/mol. The molecule has 0 spiro atoms. The van der Waals surface area contributed by atoms with Crippen molar-refractivity contribution in [2.75, 3.05) is 0 Å². The first-order valence-corrected chi connectivity index (χ1v) is 7.94. The molecule has 0 saturated heterocycles. The Morgan fingerprint density at radius 1 is 1.26 bits per heavy atom. The molecule has 1 N–H and O–H groups in total. The van der Waals surface area contributed by atoms with Crippen molar-refractivity contribution >= 4 is 10.1 Å². The van der Waals surface area contributed by atoms with Crippen LogP contribution in [-0.4, -0.2) is 25.2 Å². The Labute approximate surface area is 114 Å². The zero-order valence-electron chi connectivity index (χ0n) is 11.3. The Balaban J connectivity index is 2.19. The van der Waals surface area contributed by atoms with E-state index in [0.29, 0.717) is 12.8 Å². The van der Waals surface area contributed by atoms with Crippen molar-refractivity contribution in [1.29, 1.82) is 0 Å². The largest absolute Gasteiger partial charge is 0.387 e. The fourth-order valence-corrected chi connectivity index (χ4v) is 3.54. The standard InChI is InChI=1S/C14H20O4S/c1-11-6-8-12(9-7-11)19(16,17)18-13-5-3-4-10-14(13,2)15/h6-9,13,15H,3-5,10H2,1-2H3/t13-,14+/m1/s1. The highest BCUT2D eigenvalue weighted by atomic mass is 32.2. The lowest BCUT2D eigenvalue weighted by atomic mass is 9.84. The second-order valence-electron chi connectivity index (χ2n) is 5.45. The van der Waals surface area contributed by atoms with Crippen molar-refractivity contribution in [3.63, 3.8) is 0 Å². The van der Waals surface area contributed by atoms with E-state index in [9.17, 15) is 13.5 Å². The van der Waals surface area contributed by atoms with Gasteiger partial charge in [-0.15, -0.1) is 0 Å². The van der Waals surface area contributed by atoms with Crippen molar-refractivity contribution in [2.45, 2.75) is 56.1 Å². The Morgan fingerprint density at radius 3 is 2.47 bits per heavy atom. The smallest absolute Gasteiger partial charge is 0.297 e. The molecule has 0 unspecified atom stereocenters. The lowest BCUT2D eigenvalue weighted by Crippen LogP contribution is -2.44. The van der Waals surface area contributed by atoms with Gasteiger partial charge < -0.3 is 5.11 Å². The van der Waals surface area contributed by atoms with Crippen LogP contribution < -0.4 is 0 Å². The normalized spacial score (nSPS) is 28.3. The minimum Gasteiger partial charge on any atom is -0.387 e. The minimum atomic E-state index is -3.81. The molecule has 106 valence electrons. The van der Waals surface area contributed by atoms with Gasteiger partial charge in [0.05, 0.1) is 10.5 Å². The van der Waals surface area contributed by atoms with Crippen LogP contribution in [0.25, 0.3) is 0 Å². The molecule has 1 aliphatic rings. The highest BCUT2D eigenvalue weighted by molar-refractivity contribution is 7.86. The van der Waals surface area contributed by atoms with Crippen LogP contribution in [0.1, 0.15) is 38.2 Å². The van der Waals surface area contributed by atoms with E-state index >= 15 is 0 Å². The molecule has 0 aromatic heterocycles. The summed E-state index contributed by atoms with van der Waals surface area (Å²) in [6.07, 6.45) is 2.26. The molecular weight excluding hydrogens is 264 g/mol. The van der Waals surface area contributed by atoms with Gasteiger partial charge in [0.2, 0.25) is 0 Å². The summed E-state index contributed by atoms with van der Waals surface area (Å²) in [6, 6.07) is 6.52. The first kappa shape index (κ1) is 14.5. The highest BCUT2D eigenvalue weighted by Gasteiger charge is 2.38. The third-order valence-corrected chi connectivity index (χ3v) is 4.98. The molecule has 2 rings (SSSR count). The Bertz CT molecular complexity index is 531. The summed E-state index contributed by atoms with van der Waals surface area (Å²) in [5.41, 5.74) is -0.0839. The van der Waals surface area contributed by atoms with Gasteiger partial charge in [-0.25, -0.2) is 0 Å². The van der Waals surface area contributed by atoms with Crippen molar-refractivity contribution in [3.8, 4) is 0 Å². The molecule has 1 aromatic rings. The van der Waals surface area contributed by atoms with E-state index in [4.69, 9.17) is 4.18 Å². The summed E-state index contributed by atoms with van der Waals surface area (Å²) in [5, 5.41) is 10.2. The molecule has 0 bridgehead atoms. The molecule has 5 heteroatoms. The zero-order valence-corrected chi connectivity index (χ0v) is 12.1. The van der Waals surface area contributed by atoms with Gasteiger partial charge in [-0.3, -0.25) is 4.18 Å². The predicted molar refractivity (Wildman–Crippen MR) is 72.3 cm³/mol. The van der Waals surface area contributed by atoms with E-state index in [1.54, 1.807) is 19.1 Å². The van der Waals surface area contributed by atoms with Crippen LogP contribution >= 0.6 is 0 Å². The Morgan fingerprint density at radius 2 is 1.89 bits per heavy atom. The fraction of sp³-hybridized carbons (Fsp3) is 0.571. The molecule has 1 aromatic carbocycles. The van der Waals surface area contributed by atoms with Gasteiger partial charge in [-0.2, -0.15) is 8.42 Å². The second-order valence-corrected chi connectivity index (χ2v) is 7.03. The third kappa shape index (κ3) is 3.35. The van der Waals surface area contributed by atoms with Gasteiger partial charge in [0.15, 0.2) is 0 Å². The molecule has 0 amide bonds. The van der Waals surface area contributed by atoms with E-state index in [0.717, 1.165) is 18.4 Å². The first-order chi connectivity index (χ1) is 8.81.